The highest BCUT2D eigenvalue weighted by Gasteiger charge is 2.51. The molecule has 1 aromatic carbocycles. The molecule has 4 aliphatic carbocycles. The second kappa shape index (κ2) is 6.80. The van der Waals surface area contributed by atoms with E-state index in [1.807, 2.05) is 24.3 Å². The van der Waals surface area contributed by atoms with Gasteiger partial charge in [-0.3, -0.25) is 4.79 Å². The van der Waals surface area contributed by atoms with Gasteiger partial charge in [0.15, 0.2) is 0 Å². The van der Waals surface area contributed by atoms with Crippen LogP contribution in [0.5, 0.6) is 5.75 Å². The molecule has 0 saturated heterocycles. The van der Waals surface area contributed by atoms with Crippen molar-refractivity contribution in [2.75, 3.05) is 17.7 Å². The quantitative estimate of drug-likeness (QED) is 0.791. The van der Waals surface area contributed by atoms with E-state index in [9.17, 15) is 4.79 Å². The monoisotopic (exact) mass is 377 g/mol. The molecule has 146 valence electrons. The second-order valence-corrected chi connectivity index (χ2v) is 8.91. The summed E-state index contributed by atoms with van der Waals surface area (Å²) in [5, 5.41) is 6.68. The van der Waals surface area contributed by atoms with Gasteiger partial charge in [0.05, 0.1) is 24.6 Å². The third-order valence-corrected chi connectivity index (χ3v) is 6.80. The number of para-hydroxylation sites is 1. The minimum absolute atomic E-state index is 0.193. The van der Waals surface area contributed by atoms with Crippen molar-refractivity contribution in [3.8, 4) is 5.75 Å². The van der Waals surface area contributed by atoms with Gasteiger partial charge < -0.3 is 15.4 Å². The number of pyridine rings is 1. The van der Waals surface area contributed by atoms with Crippen LogP contribution in [-0.2, 0) is 0 Å². The lowest BCUT2D eigenvalue weighted by atomic mass is 9.53. The molecule has 1 heterocycles. The van der Waals surface area contributed by atoms with Crippen LogP contribution in [0, 0.1) is 17.8 Å². The first kappa shape index (κ1) is 17.5. The van der Waals surface area contributed by atoms with Crippen LogP contribution >= 0.6 is 0 Å². The van der Waals surface area contributed by atoms with E-state index in [1.165, 1.54) is 38.5 Å². The topological polar surface area (TPSA) is 63.2 Å². The number of aromatic nitrogens is 1. The summed E-state index contributed by atoms with van der Waals surface area (Å²) in [4.78, 5) is 17.1. The molecule has 4 fully saturated rings. The Morgan fingerprint density at radius 1 is 1.04 bits per heavy atom. The highest BCUT2D eigenvalue weighted by Crippen LogP contribution is 2.56. The van der Waals surface area contributed by atoms with Crippen molar-refractivity contribution in [2.24, 2.45) is 17.8 Å². The van der Waals surface area contributed by atoms with Gasteiger partial charge in [-0.15, -0.1) is 0 Å². The number of ether oxygens (including phenoxy) is 1. The van der Waals surface area contributed by atoms with Crippen molar-refractivity contribution in [1.29, 1.82) is 0 Å². The van der Waals surface area contributed by atoms with Crippen molar-refractivity contribution in [3.63, 3.8) is 0 Å². The Labute approximate surface area is 165 Å². The van der Waals surface area contributed by atoms with Crippen LogP contribution in [0.25, 0.3) is 0 Å². The van der Waals surface area contributed by atoms with Crippen LogP contribution in [0.4, 0.5) is 11.5 Å². The molecule has 2 N–H and O–H groups in total. The van der Waals surface area contributed by atoms with Crippen molar-refractivity contribution in [2.45, 2.75) is 44.1 Å². The highest BCUT2D eigenvalue weighted by molar-refractivity contribution is 6.06. The molecular formula is C23H27N3O2. The fourth-order valence-corrected chi connectivity index (χ4v) is 6.11. The van der Waals surface area contributed by atoms with Crippen LogP contribution in [0.2, 0.25) is 0 Å². The van der Waals surface area contributed by atoms with E-state index in [4.69, 9.17) is 4.74 Å². The van der Waals surface area contributed by atoms with E-state index in [0.717, 1.165) is 23.6 Å². The Hall–Kier alpha value is -2.56. The number of carbonyl (C=O) groups is 1. The van der Waals surface area contributed by atoms with E-state index in [2.05, 4.69) is 15.6 Å². The molecule has 6 rings (SSSR count). The first-order valence-corrected chi connectivity index (χ1v) is 10.3. The summed E-state index contributed by atoms with van der Waals surface area (Å²) in [6.07, 6.45) is 9.88. The van der Waals surface area contributed by atoms with Gasteiger partial charge in [0.25, 0.3) is 5.91 Å². The molecular weight excluding hydrogens is 350 g/mol. The Morgan fingerprint density at radius 3 is 2.32 bits per heavy atom. The average molecular weight is 377 g/mol. The van der Waals surface area contributed by atoms with Crippen LogP contribution in [0.15, 0.2) is 42.6 Å². The Bertz CT molecular complexity index is 842. The van der Waals surface area contributed by atoms with E-state index in [-0.39, 0.29) is 11.4 Å². The normalized spacial score (nSPS) is 30.1. The molecule has 0 unspecified atom stereocenters. The number of nitrogens with one attached hydrogen (secondary N) is 2. The molecule has 4 saturated carbocycles. The van der Waals surface area contributed by atoms with Crippen molar-refractivity contribution >= 4 is 17.4 Å². The minimum Gasteiger partial charge on any atom is -0.496 e. The van der Waals surface area contributed by atoms with Gasteiger partial charge in [-0.05, 0) is 80.5 Å². The number of hydrogen-bond donors (Lipinski definition) is 2. The Kier molecular flexibility index (Phi) is 4.26. The zero-order valence-electron chi connectivity index (χ0n) is 16.3. The molecule has 4 aliphatic rings. The summed E-state index contributed by atoms with van der Waals surface area (Å²) >= 11 is 0. The summed E-state index contributed by atoms with van der Waals surface area (Å²) in [5.74, 6) is 3.99. The number of anilines is 2. The largest absolute Gasteiger partial charge is 0.496 e. The predicted molar refractivity (Wildman–Crippen MR) is 110 cm³/mol. The molecule has 5 nitrogen and oxygen atoms in total. The molecule has 4 bridgehead atoms. The highest BCUT2D eigenvalue weighted by atomic mass is 16.5. The lowest BCUT2D eigenvalue weighted by Gasteiger charge is -2.57. The summed E-state index contributed by atoms with van der Waals surface area (Å²) in [6.45, 7) is 0. The minimum atomic E-state index is -0.193. The molecule has 0 atom stereocenters. The maximum Gasteiger partial charge on any atom is 0.259 e. The van der Waals surface area contributed by atoms with Crippen molar-refractivity contribution in [3.05, 3.63) is 48.2 Å². The molecule has 0 spiro atoms. The summed E-state index contributed by atoms with van der Waals surface area (Å²) in [7, 11) is 1.57. The number of benzene rings is 1. The summed E-state index contributed by atoms with van der Waals surface area (Å²) in [5.41, 5.74) is 1.44. The van der Waals surface area contributed by atoms with Gasteiger partial charge in [-0.2, -0.15) is 0 Å². The number of rotatable bonds is 5. The number of nitrogens with zero attached hydrogens (tertiary/aromatic N) is 1. The molecule has 5 heteroatoms. The third kappa shape index (κ3) is 3.23. The average Bonchev–Trinajstić information content (AvgIpc) is 2.68. The molecule has 1 amide bonds. The number of hydrogen-bond acceptors (Lipinski definition) is 4. The maximum atomic E-state index is 12.5. The van der Waals surface area contributed by atoms with Gasteiger partial charge >= 0.3 is 0 Å². The van der Waals surface area contributed by atoms with Crippen molar-refractivity contribution in [1.82, 2.24) is 4.98 Å². The second-order valence-electron chi connectivity index (χ2n) is 8.91. The first-order valence-electron chi connectivity index (χ1n) is 10.3. The molecule has 0 aliphatic heterocycles. The van der Waals surface area contributed by atoms with Gasteiger partial charge in [0, 0.05) is 5.54 Å². The number of amides is 1. The maximum absolute atomic E-state index is 12.5. The van der Waals surface area contributed by atoms with Crippen LogP contribution in [-0.4, -0.2) is 23.5 Å². The zero-order valence-corrected chi connectivity index (χ0v) is 16.3. The molecule has 0 radical (unpaired) electrons. The van der Waals surface area contributed by atoms with Crippen LogP contribution in [0.3, 0.4) is 0 Å². The standard InChI is InChI=1S/C23H27N3O2/c1-28-20-5-3-2-4-19(20)22(27)25-18-6-7-21(24-14-18)26-23-11-15-8-16(12-23)10-17(9-15)13-23/h2-7,14-17H,8-13H2,1H3,(H,24,26)(H,25,27). The van der Waals surface area contributed by atoms with Gasteiger partial charge in [0.2, 0.25) is 0 Å². The van der Waals surface area contributed by atoms with Gasteiger partial charge in [-0.1, -0.05) is 12.1 Å². The first-order chi connectivity index (χ1) is 13.6. The lowest BCUT2D eigenvalue weighted by molar-refractivity contribution is 0.0105. The molecule has 2 aromatic rings. The van der Waals surface area contributed by atoms with Gasteiger partial charge in [0.1, 0.15) is 11.6 Å². The molecule has 28 heavy (non-hydrogen) atoms. The summed E-state index contributed by atoms with van der Waals surface area (Å²) in [6, 6.07) is 11.1. The number of methoxy groups -OCH3 is 1. The fraction of sp³-hybridized carbons (Fsp3) is 0.478. The molecule has 1 aromatic heterocycles. The fourth-order valence-electron chi connectivity index (χ4n) is 6.11. The van der Waals surface area contributed by atoms with E-state index in [1.54, 1.807) is 25.4 Å². The Balaban J connectivity index is 1.27. The smallest absolute Gasteiger partial charge is 0.259 e. The summed E-state index contributed by atoms with van der Waals surface area (Å²) < 4.78 is 5.27. The predicted octanol–water partition coefficient (Wildman–Crippen LogP) is 4.72. The van der Waals surface area contributed by atoms with E-state index in [0.29, 0.717) is 17.0 Å². The van der Waals surface area contributed by atoms with Crippen molar-refractivity contribution < 1.29 is 9.53 Å². The number of carbonyl (C=O) groups excluding carboxylic acids is 1. The van der Waals surface area contributed by atoms with Gasteiger partial charge in [-0.25, -0.2) is 4.98 Å². The van der Waals surface area contributed by atoms with Crippen LogP contribution in [0.1, 0.15) is 48.9 Å². The Morgan fingerprint density at radius 2 is 1.71 bits per heavy atom. The van der Waals surface area contributed by atoms with E-state index < -0.39 is 0 Å². The lowest BCUT2D eigenvalue weighted by Crippen LogP contribution is -2.54. The van der Waals surface area contributed by atoms with E-state index >= 15 is 0 Å². The third-order valence-electron chi connectivity index (χ3n) is 6.80. The zero-order chi connectivity index (χ0) is 19.1. The SMILES string of the molecule is COc1ccccc1C(=O)Nc1ccc(NC23CC4CC(CC(C4)C2)C3)nc1. The van der Waals surface area contributed by atoms with Crippen LogP contribution < -0.4 is 15.4 Å².